The van der Waals surface area contributed by atoms with Crippen molar-refractivity contribution in [1.29, 1.82) is 0 Å². The Kier molecular flexibility index (Phi) is 10.0. The van der Waals surface area contributed by atoms with Crippen molar-refractivity contribution in [3.63, 3.8) is 0 Å². The second-order valence-electron chi connectivity index (χ2n) is 8.55. The molecule has 5 nitrogen and oxygen atoms in total. The number of nitrogens with zero attached hydrogens (tertiary/aromatic N) is 1. The molecule has 0 radical (unpaired) electrons. The summed E-state index contributed by atoms with van der Waals surface area (Å²) in [5.74, 6) is 0.598. The lowest BCUT2D eigenvalue weighted by Gasteiger charge is -2.30. The standard InChI is InChI=1S/C26H35ClN2O3/c1-6-23(26(31)28-16-18(2)3)29(13-12-21-10-8-7-9-11-21)24(30)17-32-22-14-19(4)25(27)20(5)15-22/h7-11,14-15,18,23H,6,12-13,16-17H2,1-5H3,(H,28,31). The maximum Gasteiger partial charge on any atom is 0.261 e. The van der Waals surface area contributed by atoms with E-state index in [-0.39, 0.29) is 18.4 Å². The van der Waals surface area contributed by atoms with Crippen molar-refractivity contribution in [1.82, 2.24) is 10.2 Å². The van der Waals surface area contributed by atoms with Gasteiger partial charge < -0.3 is 15.0 Å². The first-order valence-electron chi connectivity index (χ1n) is 11.2. The summed E-state index contributed by atoms with van der Waals surface area (Å²) >= 11 is 6.23. The molecule has 32 heavy (non-hydrogen) atoms. The van der Waals surface area contributed by atoms with Gasteiger partial charge in [-0.05, 0) is 61.4 Å². The highest BCUT2D eigenvalue weighted by atomic mass is 35.5. The maximum absolute atomic E-state index is 13.2. The van der Waals surface area contributed by atoms with E-state index in [4.69, 9.17) is 16.3 Å². The minimum atomic E-state index is -0.540. The Bertz CT molecular complexity index is 876. The van der Waals surface area contributed by atoms with Crippen LogP contribution in [0.3, 0.4) is 0 Å². The van der Waals surface area contributed by atoms with Gasteiger partial charge in [0.15, 0.2) is 6.61 Å². The average Bonchev–Trinajstić information content (AvgIpc) is 2.77. The topological polar surface area (TPSA) is 58.6 Å². The molecular formula is C26H35ClN2O3. The molecule has 1 atom stereocenters. The van der Waals surface area contributed by atoms with E-state index in [0.717, 1.165) is 16.7 Å². The summed E-state index contributed by atoms with van der Waals surface area (Å²) in [6.07, 6.45) is 1.20. The Labute approximate surface area is 197 Å². The van der Waals surface area contributed by atoms with Crippen molar-refractivity contribution in [2.75, 3.05) is 19.7 Å². The summed E-state index contributed by atoms with van der Waals surface area (Å²) in [4.78, 5) is 27.7. The Balaban J connectivity index is 2.15. The third kappa shape index (κ3) is 7.56. The monoisotopic (exact) mass is 458 g/mol. The summed E-state index contributed by atoms with van der Waals surface area (Å²) in [6.45, 7) is 10.7. The molecule has 0 bridgehead atoms. The van der Waals surface area contributed by atoms with Crippen molar-refractivity contribution in [3.05, 3.63) is 64.2 Å². The van der Waals surface area contributed by atoms with Crippen molar-refractivity contribution in [2.24, 2.45) is 5.92 Å². The predicted octanol–water partition coefficient (Wildman–Crippen LogP) is 4.96. The van der Waals surface area contributed by atoms with Gasteiger partial charge in [0.1, 0.15) is 11.8 Å². The number of amides is 2. The zero-order valence-electron chi connectivity index (χ0n) is 19.8. The van der Waals surface area contributed by atoms with E-state index in [9.17, 15) is 9.59 Å². The molecular weight excluding hydrogens is 424 g/mol. The first-order chi connectivity index (χ1) is 15.2. The normalized spacial score (nSPS) is 11.8. The maximum atomic E-state index is 13.2. The first-order valence-corrected chi connectivity index (χ1v) is 11.6. The quantitative estimate of drug-likeness (QED) is 0.517. The lowest BCUT2D eigenvalue weighted by molar-refractivity contribution is -0.142. The fourth-order valence-electron chi connectivity index (χ4n) is 3.54. The molecule has 2 aromatic carbocycles. The summed E-state index contributed by atoms with van der Waals surface area (Å²) in [7, 11) is 0. The molecule has 0 aromatic heterocycles. The molecule has 2 aromatic rings. The number of carbonyl (C=O) groups excluding carboxylic acids is 2. The number of nitrogens with one attached hydrogen (secondary N) is 1. The van der Waals surface area contributed by atoms with E-state index in [1.807, 2.05) is 77.1 Å². The Hall–Kier alpha value is -2.53. The molecule has 1 N–H and O–H groups in total. The molecule has 0 saturated heterocycles. The number of hydrogen-bond acceptors (Lipinski definition) is 3. The van der Waals surface area contributed by atoms with Gasteiger partial charge in [-0.25, -0.2) is 0 Å². The van der Waals surface area contributed by atoms with E-state index in [0.29, 0.717) is 42.6 Å². The SMILES string of the molecule is CCC(C(=O)NCC(C)C)N(CCc1ccccc1)C(=O)COc1cc(C)c(Cl)c(C)c1. The van der Waals surface area contributed by atoms with Crippen molar-refractivity contribution in [2.45, 2.75) is 53.5 Å². The minimum absolute atomic E-state index is 0.124. The lowest BCUT2D eigenvalue weighted by Crippen LogP contribution is -2.51. The number of ether oxygens (including phenoxy) is 1. The fraction of sp³-hybridized carbons (Fsp3) is 0.462. The van der Waals surface area contributed by atoms with Crippen LogP contribution in [-0.2, 0) is 16.0 Å². The van der Waals surface area contributed by atoms with Crippen molar-refractivity contribution in [3.8, 4) is 5.75 Å². The number of benzene rings is 2. The third-order valence-corrected chi connectivity index (χ3v) is 5.92. The highest BCUT2D eigenvalue weighted by Crippen LogP contribution is 2.26. The van der Waals surface area contributed by atoms with Gasteiger partial charge in [-0.15, -0.1) is 0 Å². The smallest absolute Gasteiger partial charge is 0.261 e. The molecule has 0 spiro atoms. The second-order valence-corrected chi connectivity index (χ2v) is 8.92. The molecule has 6 heteroatoms. The summed E-state index contributed by atoms with van der Waals surface area (Å²) in [5.41, 5.74) is 2.91. The summed E-state index contributed by atoms with van der Waals surface area (Å²) in [5, 5.41) is 3.67. The van der Waals surface area contributed by atoms with Gasteiger partial charge >= 0.3 is 0 Å². The van der Waals surface area contributed by atoms with Crippen LogP contribution in [0, 0.1) is 19.8 Å². The molecule has 1 unspecified atom stereocenters. The van der Waals surface area contributed by atoms with Crippen molar-refractivity contribution < 1.29 is 14.3 Å². The zero-order chi connectivity index (χ0) is 23.7. The van der Waals surface area contributed by atoms with Crippen LogP contribution >= 0.6 is 11.6 Å². The first kappa shape index (κ1) is 25.7. The largest absolute Gasteiger partial charge is 0.484 e. The van der Waals surface area contributed by atoms with Gasteiger partial charge in [-0.3, -0.25) is 9.59 Å². The van der Waals surface area contributed by atoms with Gasteiger partial charge in [0.25, 0.3) is 5.91 Å². The Morgan fingerprint density at radius 2 is 1.72 bits per heavy atom. The van der Waals surface area contributed by atoms with E-state index >= 15 is 0 Å². The average molecular weight is 459 g/mol. The van der Waals surface area contributed by atoms with Crippen LogP contribution in [-0.4, -0.2) is 42.5 Å². The van der Waals surface area contributed by atoms with Crippen LogP contribution in [0.15, 0.2) is 42.5 Å². The molecule has 0 heterocycles. The van der Waals surface area contributed by atoms with Crippen LogP contribution in [0.25, 0.3) is 0 Å². The Morgan fingerprint density at radius 3 is 2.28 bits per heavy atom. The molecule has 0 aliphatic heterocycles. The number of carbonyl (C=O) groups is 2. The second kappa shape index (κ2) is 12.5. The van der Waals surface area contributed by atoms with Crippen LogP contribution < -0.4 is 10.1 Å². The molecule has 174 valence electrons. The van der Waals surface area contributed by atoms with Gasteiger partial charge in [0, 0.05) is 18.1 Å². The number of aryl methyl sites for hydroxylation is 2. The van der Waals surface area contributed by atoms with Gasteiger partial charge in [0.05, 0.1) is 0 Å². The molecule has 0 aliphatic carbocycles. The minimum Gasteiger partial charge on any atom is -0.484 e. The van der Waals surface area contributed by atoms with Crippen LogP contribution in [0.4, 0.5) is 0 Å². The van der Waals surface area contributed by atoms with Gasteiger partial charge in [-0.1, -0.05) is 62.7 Å². The Morgan fingerprint density at radius 1 is 1.09 bits per heavy atom. The summed E-state index contributed by atoms with van der Waals surface area (Å²) in [6, 6.07) is 13.1. The van der Waals surface area contributed by atoms with E-state index in [2.05, 4.69) is 5.32 Å². The van der Waals surface area contributed by atoms with Crippen molar-refractivity contribution >= 4 is 23.4 Å². The number of rotatable bonds is 11. The molecule has 0 aliphatic rings. The number of hydrogen-bond donors (Lipinski definition) is 1. The third-order valence-electron chi connectivity index (χ3n) is 5.33. The zero-order valence-corrected chi connectivity index (χ0v) is 20.5. The predicted molar refractivity (Wildman–Crippen MR) is 130 cm³/mol. The van der Waals surface area contributed by atoms with E-state index in [1.54, 1.807) is 4.90 Å². The highest BCUT2D eigenvalue weighted by molar-refractivity contribution is 6.32. The number of halogens is 1. The molecule has 0 fully saturated rings. The van der Waals surface area contributed by atoms with E-state index in [1.165, 1.54) is 0 Å². The fourth-order valence-corrected chi connectivity index (χ4v) is 3.65. The molecule has 2 amide bonds. The lowest BCUT2D eigenvalue weighted by atomic mass is 10.1. The highest BCUT2D eigenvalue weighted by Gasteiger charge is 2.28. The van der Waals surface area contributed by atoms with Crippen LogP contribution in [0.2, 0.25) is 5.02 Å². The van der Waals surface area contributed by atoms with Gasteiger partial charge in [-0.2, -0.15) is 0 Å². The molecule has 2 rings (SSSR count). The van der Waals surface area contributed by atoms with E-state index < -0.39 is 6.04 Å². The van der Waals surface area contributed by atoms with Gasteiger partial charge in [0.2, 0.25) is 5.91 Å². The van der Waals surface area contributed by atoms with Crippen LogP contribution in [0.5, 0.6) is 5.75 Å². The summed E-state index contributed by atoms with van der Waals surface area (Å²) < 4.78 is 5.81. The van der Waals surface area contributed by atoms with Crippen LogP contribution in [0.1, 0.15) is 43.9 Å². The molecule has 0 saturated carbocycles.